The van der Waals surface area contributed by atoms with Crippen LogP contribution in [0.2, 0.25) is 0 Å². The van der Waals surface area contributed by atoms with Gasteiger partial charge in [0.05, 0.1) is 5.60 Å². The standard InChI is InChI=1S/C26H31NO2/c1-25-13-11-22-21-9-7-20(28)16-18(21)4-8-23(22)24(25)12-15-26(25,29)14-10-17-2-5-19(27)6-3-17/h2-3,5-7,9-10,14,16,22-24,28-29H,4,8,11-13,15,27H2,1H3/t22-,23-,24+,25+,26-/m1/s1. The maximum Gasteiger partial charge on any atom is 0.115 e. The highest BCUT2D eigenvalue weighted by Crippen LogP contribution is 2.64. The van der Waals surface area contributed by atoms with Crippen LogP contribution in [0.5, 0.6) is 5.75 Å². The van der Waals surface area contributed by atoms with Gasteiger partial charge in [-0.1, -0.05) is 37.3 Å². The van der Waals surface area contributed by atoms with Gasteiger partial charge in [-0.05, 0) is 97.2 Å². The first-order valence-corrected chi connectivity index (χ1v) is 11.0. The molecule has 0 radical (unpaired) electrons. The number of rotatable bonds is 2. The summed E-state index contributed by atoms with van der Waals surface area (Å²) in [4.78, 5) is 0. The van der Waals surface area contributed by atoms with Gasteiger partial charge < -0.3 is 15.9 Å². The van der Waals surface area contributed by atoms with Crippen molar-refractivity contribution in [3.8, 4) is 5.75 Å². The van der Waals surface area contributed by atoms with E-state index in [2.05, 4.69) is 25.1 Å². The molecule has 0 amide bonds. The van der Waals surface area contributed by atoms with Crippen LogP contribution in [0.25, 0.3) is 6.08 Å². The number of phenols is 1. The zero-order chi connectivity index (χ0) is 20.2. The average Bonchev–Trinajstić information content (AvgIpc) is 2.98. The smallest absolute Gasteiger partial charge is 0.115 e. The van der Waals surface area contributed by atoms with Crippen LogP contribution < -0.4 is 5.73 Å². The van der Waals surface area contributed by atoms with Crippen LogP contribution in [0.3, 0.4) is 0 Å². The number of nitrogens with two attached hydrogens (primary N) is 1. The molecule has 3 aliphatic carbocycles. The third kappa shape index (κ3) is 2.90. The van der Waals surface area contributed by atoms with Crippen molar-refractivity contribution in [1.82, 2.24) is 0 Å². The number of aryl methyl sites for hydroxylation is 1. The van der Waals surface area contributed by atoms with Crippen LogP contribution >= 0.6 is 0 Å². The molecule has 3 heteroatoms. The van der Waals surface area contributed by atoms with Gasteiger partial charge in [0.15, 0.2) is 0 Å². The van der Waals surface area contributed by atoms with Gasteiger partial charge in [-0.25, -0.2) is 0 Å². The van der Waals surface area contributed by atoms with Crippen molar-refractivity contribution in [3.63, 3.8) is 0 Å². The fraction of sp³-hybridized carbons (Fsp3) is 0.462. The molecule has 2 aromatic rings. The van der Waals surface area contributed by atoms with Gasteiger partial charge in [0.25, 0.3) is 0 Å². The van der Waals surface area contributed by atoms with Gasteiger partial charge in [0, 0.05) is 11.1 Å². The fourth-order valence-corrected chi connectivity index (χ4v) is 6.73. The molecule has 3 aliphatic rings. The minimum atomic E-state index is -0.751. The Morgan fingerprint density at radius 1 is 1.03 bits per heavy atom. The topological polar surface area (TPSA) is 66.5 Å². The molecule has 2 saturated carbocycles. The number of aliphatic hydroxyl groups is 1. The minimum absolute atomic E-state index is 0.0765. The molecule has 0 saturated heterocycles. The van der Waals surface area contributed by atoms with Crippen LogP contribution in [0, 0.1) is 17.3 Å². The highest BCUT2D eigenvalue weighted by atomic mass is 16.3. The van der Waals surface area contributed by atoms with Gasteiger partial charge in [0.1, 0.15) is 5.75 Å². The van der Waals surface area contributed by atoms with Gasteiger partial charge in [-0.2, -0.15) is 0 Å². The van der Waals surface area contributed by atoms with Crippen molar-refractivity contribution in [2.75, 3.05) is 5.73 Å². The maximum atomic E-state index is 11.7. The Kier molecular flexibility index (Phi) is 4.29. The molecule has 0 unspecified atom stereocenters. The van der Waals surface area contributed by atoms with E-state index in [1.165, 1.54) is 17.5 Å². The highest BCUT2D eigenvalue weighted by molar-refractivity contribution is 5.55. The summed E-state index contributed by atoms with van der Waals surface area (Å²) in [6.45, 7) is 2.32. The molecule has 5 atom stereocenters. The lowest BCUT2D eigenvalue weighted by Gasteiger charge is -2.52. The van der Waals surface area contributed by atoms with E-state index in [4.69, 9.17) is 5.73 Å². The monoisotopic (exact) mass is 389 g/mol. The normalized spacial score (nSPS) is 35.9. The molecule has 0 aliphatic heterocycles. The number of anilines is 1. The van der Waals surface area contributed by atoms with E-state index in [-0.39, 0.29) is 5.41 Å². The molecule has 0 spiro atoms. The molecule has 3 nitrogen and oxygen atoms in total. The predicted octanol–water partition coefficient (Wildman–Crippen LogP) is 5.28. The van der Waals surface area contributed by atoms with Gasteiger partial charge in [-0.15, -0.1) is 0 Å². The lowest BCUT2D eigenvalue weighted by atomic mass is 9.53. The maximum absolute atomic E-state index is 11.7. The number of aromatic hydroxyl groups is 1. The Balaban J connectivity index is 1.42. The van der Waals surface area contributed by atoms with Gasteiger partial charge >= 0.3 is 0 Å². The summed E-state index contributed by atoms with van der Waals surface area (Å²) < 4.78 is 0. The number of hydrogen-bond donors (Lipinski definition) is 3. The Bertz CT molecular complexity index is 950. The third-order valence-corrected chi connectivity index (χ3v) is 8.41. The second-order valence-electron chi connectivity index (χ2n) is 9.72. The van der Waals surface area contributed by atoms with E-state index >= 15 is 0 Å². The number of phenolic OH excluding ortho intramolecular Hbond substituents is 1. The van der Waals surface area contributed by atoms with Crippen LogP contribution in [0.1, 0.15) is 61.6 Å². The van der Waals surface area contributed by atoms with Crippen molar-refractivity contribution in [2.24, 2.45) is 17.3 Å². The van der Waals surface area contributed by atoms with Crippen molar-refractivity contribution in [2.45, 2.75) is 57.0 Å². The lowest BCUT2D eigenvalue weighted by Crippen LogP contribution is -2.49. The summed E-state index contributed by atoms with van der Waals surface area (Å²) in [5.41, 5.74) is 9.58. The largest absolute Gasteiger partial charge is 0.508 e. The third-order valence-electron chi connectivity index (χ3n) is 8.41. The first kappa shape index (κ1) is 18.7. The molecule has 0 heterocycles. The van der Waals surface area contributed by atoms with E-state index in [9.17, 15) is 10.2 Å². The second kappa shape index (κ2) is 6.63. The van der Waals surface area contributed by atoms with E-state index in [1.807, 2.05) is 36.4 Å². The SMILES string of the molecule is C[C@]12CC[C@@H]3c4ccc(O)cc4CC[C@H]3[C@@H]1CC[C@]2(O)C=Cc1ccc(N)cc1. The van der Waals surface area contributed by atoms with Crippen molar-refractivity contribution < 1.29 is 10.2 Å². The van der Waals surface area contributed by atoms with E-state index in [0.29, 0.717) is 23.5 Å². The molecule has 0 aromatic heterocycles. The lowest BCUT2D eigenvalue weighted by molar-refractivity contribution is -0.0705. The summed E-state index contributed by atoms with van der Waals surface area (Å²) >= 11 is 0. The van der Waals surface area contributed by atoms with E-state index in [1.54, 1.807) is 0 Å². The van der Waals surface area contributed by atoms with E-state index < -0.39 is 5.60 Å². The quantitative estimate of drug-likeness (QED) is 0.613. The first-order chi connectivity index (χ1) is 13.9. The van der Waals surface area contributed by atoms with Crippen molar-refractivity contribution >= 4 is 11.8 Å². The summed E-state index contributed by atoms with van der Waals surface area (Å²) in [6.07, 6.45) is 10.4. The molecule has 2 aromatic carbocycles. The Morgan fingerprint density at radius 2 is 1.83 bits per heavy atom. The summed E-state index contributed by atoms with van der Waals surface area (Å²) in [6, 6.07) is 13.8. The first-order valence-electron chi connectivity index (χ1n) is 11.0. The highest BCUT2D eigenvalue weighted by Gasteiger charge is 2.60. The molecular weight excluding hydrogens is 358 g/mol. The van der Waals surface area contributed by atoms with Crippen LogP contribution in [-0.4, -0.2) is 15.8 Å². The Morgan fingerprint density at radius 3 is 2.62 bits per heavy atom. The zero-order valence-electron chi connectivity index (χ0n) is 17.1. The van der Waals surface area contributed by atoms with E-state index in [0.717, 1.165) is 43.4 Å². The Hall–Kier alpha value is -2.26. The molecule has 0 bridgehead atoms. The van der Waals surface area contributed by atoms with Crippen molar-refractivity contribution in [1.29, 1.82) is 0 Å². The summed E-state index contributed by atoms with van der Waals surface area (Å²) in [5, 5.41) is 21.6. The fourth-order valence-electron chi connectivity index (χ4n) is 6.73. The molecule has 152 valence electrons. The number of nitrogen functional groups attached to an aromatic ring is 1. The molecule has 4 N–H and O–H groups in total. The van der Waals surface area contributed by atoms with Gasteiger partial charge in [-0.3, -0.25) is 0 Å². The molecule has 29 heavy (non-hydrogen) atoms. The van der Waals surface area contributed by atoms with Gasteiger partial charge in [0.2, 0.25) is 0 Å². The van der Waals surface area contributed by atoms with Crippen LogP contribution in [0.4, 0.5) is 5.69 Å². The van der Waals surface area contributed by atoms with Crippen LogP contribution in [0.15, 0.2) is 48.5 Å². The second-order valence-corrected chi connectivity index (χ2v) is 9.72. The average molecular weight is 390 g/mol. The number of benzene rings is 2. The molecule has 5 rings (SSSR count). The number of fused-ring (bicyclic) bond motifs is 5. The number of hydrogen-bond acceptors (Lipinski definition) is 3. The summed E-state index contributed by atoms with van der Waals surface area (Å²) in [5.74, 6) is 2.13. The molecule has 2 fully saturated rings. The molecular formula is C26H31NO2. The summed E-state index contributed by atoms with van der Waals surface area (Å²) in [7, 11) is 0. The zero-order valence-corrected chi connectivity index (χ0v) is 17.1. The predicted molar refractivity (Wildman–Crippen MR) is 118 cm³/mol. The van der Waals surface area contributed by atoms with Crippen molar-refractivity contribution in [3.05, 3.63) is 65.2 Å². The van der Waals surface area contributed by atoms with Crippen LogP contribution in [-0.2, 0) is 6.42 Å². The minimum Gasteiger partial charge on any atom is -0.508 e. The Labute approximate surface area is 173 Å².